The van der Waals surface area contributed by atoms with E-state index in [4.69, 9.17) is 5.73 Å². The highest BCUT2D eigenvalue weighted by Crippen LogP contribution is 2.18. The summed E-state index contributed by atoms with van der Waals surface area (Å²) in [5.41, 5.74) is 5.68. The SMILES string of the molecule is CCC(N)(CC)CNS(=O)(=O)N1CCCC(C)C1.Cl. The van der Waals surface area contributed by atoms with Gasteiger partial charge in [-0.3, -0.25) is 0 Å². The lowest BCUT2D eigenvalue weighted by atomic mass is 9.95. The molecule has 0 aromatic rings. The highest BCUT2D eigenvalue weighted by Gasteiger charge is 2.29. The Labute approximate surface area is 123 Å². The fourth-order valence-electron chi connectivity index (χ4n) is 2.19. The Kier molecular flexibility index (Phi) is 7.83. The molecule has 19 heavy (non-hydrogen) atoms. The second-order valence-corrected chi connectivity index (χ2v) is 7.26. The summed E-state index contributed by atoms with van der Waals surface area (Å²) in [5, 5.41) is 0. The fourth-order valence-corrected chi connectivity index (χ4v) is 3.66. The fraction of sp³-hybridized carbons (Fsp3) is 1.00. The Bertz CT molecular complexity index is 358. The van der Waals surface area contributed by atoms with Crippen LogP contribution in [0.2, 0.25) is 0 Å². The average molecular weight is 314 g/mol. The number of hydrogen-bond acceptors (Lipinski definition) is 3. The van der Waals surface area contributed by atoms with Crippen LogP contribution in [0.3, 0.4) is 0 Å². The second-order valence-electron chi connectivity index (χ2n) is 5.50. The van der Waals surface area contributed by atoms with Crippen LogP contribution in [0.5, 0.6) is 0 Å². The standard InChI is InChI=1S/C12H27N3O2S.ClH/c1-4-12(13,5-2)10-14-18(16,17)15-8-6-7-11(3)9-15;/h11,14H,4-10,13H2,1-3H3;1H. The van der Waals surface area contributed by atoms with E-state index in [1.54, 1.807) is 4.31 Å². The topological polar surface area (TPSA) is 75.4 Å². The van der Waals surface area contributed by atoms with E-state index in [-0.39, 0.29) is 12.4 Å². The molecule has 1 rings (SSSR count). The van der Waals surface area contributed by atoms with Crippen molar-refractivity contribution in [1.29, 1.82) is 0 Å². The van der Waals surface area contributed by atoms with Crippen molar-refractivity contribution >= 4 is 22.6 Å². The van der Waals surface area contributed by atoms with Crippen LogP contribution in [0.25, 0.3) is 0 Å². The smallest absolute Gasteiger partial charge is 0.279 e. The Balaban J connectivity index is 0.00000324. The van der Waals surface area contributed by atoms with E-state index >= 15 is 0 Å². The minimum absolute atomic E-state index is 0. The minimum atomic E-state index is -3.37. The van der Waals surface area contributed by atoms with Gasteiger partial charge in [-0.05, 0) is 31.6 Å². The van der Waals surface area contributed by atoms with Crippen molar-refractivity contribution in [2.75, 3.05) is 19.6 Å². The van der Waals surface area contributed by atoms with Crippen molar-refractivity contribution in [2.24, 2.45) is 11.7 Å². The van der Waals surface area contributed by atoms with Crippen molar-refractivity contribution in [3.8, 4) is 0 Å². The van der Waals surface area contributed by atoms with Crippen LogP contribution in [0.4, 0.5) is 0 Å². The van der Waals surface area contributed by atoms with Gasteiger partial charge in [-0.15, -0.1) is 12.4 Å². The third-order valence-electron chi connectivity index (χ3n) is 3.97. The van der Waals surface area contributed by atoms with Crippen LogP contribution < -0.4 is 10.5 Å². The third-order valence-corrected chi connectivity index (χ3v) is 5.50. The second kappa shape index (κ2) is 7.78. The van der Waals surface area contributed by atoms with Gasteiger partial charge in [0.25, 0.3) is 10.2 Å². The maximum atomic E-state index is 12.2. The van der Waals surface area contributed by atoms with Crippen LogP contribution in [0.1, 0.15) is 46.5 Å². The molecule has 1 unspecified atom stereocenters. The molecule has 7 heteroatoms. The highest BCUT2D eigenvalue weighted by atomic mass is 35.5. The summed E-state index contributed by atoms with van der Waals surface area (Å²) in [4.78, 5) is 0. The molecule has 5 nitrogen and oxygen atoms in total. The summed E-state index contributed by atoms with van der Waals surface area (Å²) in [6.07, 6.45) is 3.58. The molecule has 0 aromatic heterocycles. The summed E-state index contributed by atoms with van der Waals surface area (Å²) in [5.74, 6) is 0.440. The first kappa shape index (κ1) is 19.1. The normalized spacial score (nSPS) is 22.0. The van der Waals surface area contributed by atoms with Gasteiger partial charge in [-0.1, -0.05) is 20.8 Å². The Morgan fingerprint density at radius 3 is 2.42 bits per heavy atom. The quantitative estimate of drug-likeness (QED) is 0.780. The van der Waals surface area contributed by atoms with Crippen molar-refractivity contribution in [3.63, 3.8) is 0 Å². The van der Waals surface area contributed by atoms with Gasteiger partial charge >= 0.3 is 0 Å². The number of hydrogen-bond donors (Lipinski definition) is 2. The van der Waals surface area contributed by atoms with Gasteiger partial charge in [-0.25, -0.2) is 4.72 Å². The monoisotopic (exact) mass is 313 g/mol. The first-order chi connectivity index (χ1) is 8.33. The summed E-state index contributed by atoms with van der Waals surface area (Å²) >= 11 is 0. The molecule has 0 aromatic carbocycles. The molecule has 0 amide bonds. The van der Waals surface area contributed by atoms with E-state index in [0.29, 0.717) is 25.6 Å². The Hall–Kier alpha value is 0.120. The lowest BCUT2D eigenvalue weighted by molar-refractivity contribution is 0.275. The van der Waals surface area contributed by atoms with Gasteiger partial charge in [-0.2, -0.15) is 12.7 Å². The third kappa shape index (κ3) is 5.55. The molecule has 0 aliphatic carbocycles. The molecule has 1 aliphatic heterocycles. The van der Waals surface area contributed by atoms with E-state index in [0.717, 1.165) is 25.7 Å². The number of nitrogens with zero attached hydrogens (tertiary/aromatic N) is 1. The van der Waals surface area contributed by atoms with Crippen molar-refractivity contribution in [2.45, 2.75) is 52.0 Å². The minimum Gasteiger partial charge on any atom is -0.324 e. The van der Waals surface area contributed by atoms with Crippen molar-refractivity contribution in [1.82, 2.24) is 9.03 Å². The zero-order valence-corrected chi connectivity index (χ0v) is 13.8. The lowest BCUT2D eigenvalue weighted by Crippen LogP contribution is -2.53. The van der Waals surface area contributed by atoms with Gasteiger partial charge in [0.15, 0.2) is 0 Å². The molecule has 0 saturated carbocycles. The van der Waals surface area contributed by atoms with Gasteiger partial charge in [0.05, 0.1) is 0 Å². The molecule has 116 valence electrons. The first-order valence-corrected chi connectivity index (χ1v) is 8.30. The summed E-state index contributed by atoms with van der Waals surface area (Å²) in [6, 6.07) is 0. The van der Waals surface area contributed by atoms with Crippen LogP contribution in [-0.2, 0) is 10.2 Å². The van der Waals surface area contributed by atoms with Crippen molar-refractivity contribution in [3.05, 3.63) is 0 Å². The maximum absolute atomic E-state index is 12.2. The van der Waals surface area contributed by atoms with Crippen LogP contribution in [0.15, 0.2) is 0 Å². The molecule has 0 spiro atoms. The van der Waals surface area contributed by atoms with E-state index < -0.39 is 15.7 Å². The van der Waals surface area contributed by atoms with Crippen LogP contribution in [0, 0.1) is 5.92 Å². The van der Waals surface area contributed by atoms with Gasteiger partial charge in [0.1, 0.15) is 0 Å². The molecular formula is C12H28ClN3O2S. The average Bonchev–Trinajstić information content (AvgIpc) is 2.36. The van der Waals surface area contributed by atoms with E-state index in [1.807, 2.05) is 13.8 Å². The molecule has 1 saturated heterocycles. The van der Waals surface area contributed by atoms with Gasteiger partial charge in [0, 0.05) is 25.2 Å². The zero-order chi connectivity index (χ0) is 13.8. The molecule has 1 atom stereocenters. The van der Waals surface area contributed by atoms with E-state index in [9.17, 15) is 8.42 Å². The van der Waals surface area contributed by atoms with Crippen molar-refractivity contribution < 1.29 is 8.42 Å². The number of nitrogens with one attached hydrogen (secondary N) is 1. The van der Waals surface area contributed by atoms with E-state index in [2.05, 4.69) is 11.6 Å². The van der Waals surface area contributed by atoms with Gasteiger partial charge in [0.2, 0.25) is 0 Å². The lowest BCUT2D eigenvalue weighted by Gasteiger charge is -2.32. The number of piperidine rings is 1. The summed E-state index contributed by atoms with van der Waals surface area (Å²) in [7, 11) is -3.37. The first-order valence-electron chi connectivity index (χ1n) is 6.86. The van der Waals surface area contributed by atoms with Crippen LogP contribution >= 0.6 is 12.4 Å². The molecule has 0 bridgehead atoms. The Morgan fingerprint density at radius 1 is 1.37 bits per heavy atom. The largest absolute Gasteiger partial charge is 0.324 e. The Morgan fingerprint density at radius 2 is 1.95 bits per heavy atom. The number of nitrogens with two attached hydrogens (primary N) is 1. The predicted molar refractivity (Wildman–Crippen MR) is 81.6 cm³/mol. The van der Waals surface area contributed by atoms with Gasteiger partial charge < -0.3 is 5.73 Å². The maximum Gasteiger partial charge on any atom is 0.279 e. The summed E-state index contributed by atoms with van der Waals surface area (Å²) in [6.45, 7) is 7.61. The molecular weight excluding hydrogens is 286 g/mol. The molecule has 0 radical (unpaired) electrons. The molecule has 3 N–H and O–H groups in total. The summed E-state index contributed by atoms with van der Waals surface area (Å²) < 4.78 is 28.6. The van der Waals surface area contributed by atoms with Crippen LogP contribution in [-0.4, -0.2) is 37.9 Å². The highest BCUT2D eigenvalue weighted by molar-refractivity contribution is 7.87. The number of halogens is 1. The number of rotatable bonds is 6. The molecule has 1 fully saturated rings. The molecule has 1 heterocycles. The zero-order valence-electron chi connectivity index (χ0n) is 12.2. The molecule has 1 aliphatic rings. The van der Waals surface area contributed by atoms with E-state index in [1.165, 1.54) is 0 Å². The predicted octanol–water partition coefficient (Wildman–Crippen LogP) is 1.49.